The van der Waals surface area contributed by atoms with Crippen LogP contribution in [0, 0.1) is 6.92 Å². The fraction of sp³-hybridized carbons (Fsp3) is 0.520. The van der Waals surface area contributed by atoms with Gasteiger partial charge in [-0.05, 0) is 44.9 Å². The van der Waals surface area contributed by atoms with E-state index in [-0.39, 0.29) is 23.3 Å². The van der Waals surface area contributed by atoms with E-state index in [9.17, 15) is 9.59 Å². The molecule has 3 heterocycles. The smallest absolute Gasteiger partial charge is 0.257 e. The molecule has 1 aromatic carbocycles. The second kappa shape index (κ2) is 8.77. The number of para-hydroxylation sites is 1. The third-order valence-corrected chi connectivity index (χ3v) is 6.89. The van der Waals surface area contributed by atoms with Gasteiger partial charge in [-0.25, -0.2) is 0 Å². The molecule has 1 spiro atoms. The summed E-state index contributed by atoms with van der Waals surface area (Å²) in [5.41, 5.74) is 1.43. The Morgan fingerprint density at radius 3 is 2.48 bits per heavy atom. The molecule has 0 bridgehead atoms. The van der Waals surface area contributed by atoms with Crippen LogP contribution in [0.2, 0.25) is 0 Å². The van der Waals surface area contributed by atoms with Crippen molar-refractivity contribution in [3.63, 3.8) is 0 Å². The van der Waals surface area contributed by atoms with Crippen LogP contribution in [-0.2, 0) is 4.79 Å². The molecule has 0 aliphatic carbocycles. The van der Waals surface area contributed by atoms with Crippen molar-refractivity contribution in [3.8, 4) is 5.75 Å². The van der Waals surface area contributed by atoms with Crippen LogP contribution in [0.25, 0.3) is 0 Å². The van der Waals surface area contributed by atoms with E-state index in [1.165, 1.54) is 0 Å². The van der Waals surface area contributed by atoms with E-state index >= 15 is 0 Å². The maximum Gasteiger partial charge on any atom is 0.257 e. The first-order chi connectivity index (χ1) is 15.0. The van der Waals surface area contributed by atoms with Crippen LogP contribution in [0.3, 0.4) is 0 Å². The number of benzene rings is 1. The second-order valence-corrected chi connectivity index (χ2v) is 8.68. The number of likely N-dealkylation sites (tertiary alicyclic amines) is 1. The predicted octanol–water partition coefficient (Wildman–Crippen LogP) is 4.39. The molecule has 1 aromatic heterocycles. The van der Waals surface area contributed by atoms with E-state index in [0.29, 0.717) is 30.8 Å². The number of hydrogen-bond donors (Lipinski definition) is 0. The van der Waals surface area contributed by atoms with Crippen molar-refractivity contribution >= 4 is 11.8 Å². The average molecular weight is 425 g/mol. The van der Waals surface area contributed by atoms with Crippen LogP contribution in [0.15, 0.2) is 41.0 Å². The number of nitrogens with zero attached hydrogens (tertiary/aromatic N) is 2. The zero-order valence-electron chi connectivity index (χ0n) is 18.7. The van der Waals surface area contributed by atoms with Gasteiger partial charge in [0.15, 0.2) is 0 Å². The van der Waals surface area contributed by atoms with Gasteiger partial charge in [0.05, 0.1) is 11.8 Å². The van der Waals surface area contributed by atoms with E-state index in [1.807, 2.05) is 48.8 Å². The van der Waals surface area contributed by atoms with E-state index in [4.69, 9.17) is 9.15 Å². The van der Waals surface area contributed by atoms with Crippen LogP contribution in [0.4, 0.5) is 0 Å². The van der Waals surface area contributed by atoms with Crippen molar-refractivity contribution in [2.45, 2.75) is 58.0 Å². The number of hydrogen-bond acceptors (Lipinski definition) is 4. The van der Waals surface area contributed by atoms with Gasteiger partial charge in [0.25, 0.3) is 5.91 Å². The monoisotopic (exact) mass is 424 g/mol. The molecule has 2 aromatic rings. The Labute approximate surface area is 184 Å². The molecular weight excluding hydrogens is 392 g/mol. The molecule has 4 rings (SSSR count). The van der Waals surface area contributed by atoms with Gasteiger partial charge in [0, 0.05) is 51.4 Å². The van der Waals surface area contributed by atoms with Gasteiger partial charge in [0.2, 0.25) is 5.91 Å². The van der Waals surface area contributed by atoms with Crippen molar-refractivity contribution in [1.82, 2.24) is 9.80 Å². The highest BCUT2D eigenvalue weighted by Crippen LogP contribution is 2.46. The number of carbonyl (C=O) groups is 2. The van der Waals surface area contributed by atoms with Gasteiger partial charge < -0.3 is 19.0 Å². The number of furan rings is 1. The Bertz CT molecular complexity index is 939. The molecule has 0 saturated carbocycles. The summed E-state index contributed by atoms with van der Waals surface area (Å²) in [6.45, 7) is 8.61. The molecule has 6 nitrogen and oxygen atoms in total. The Hall–Kier alpha value is -2.76. The lowest BCUT2D eigenvalue weighted by atomic mass is 9.76. The maximum atomic E-state index is 12.9. The van der Waals surface area contributed by atoms with Crippen LogP contribution in [0.5, 0.6) is 5.75 Å². The van der Waals surface area contributed by atoms with E-state index < -0.39 is 0 Å². The SMILES string of the molecule is CCN(CC)C(=O)C[C@@H]1CC2(CCN(C(=O)c3ccoc3C)CC2)Oc2ccccc21. The quantitative estimate of drug-likeness (QED) is 0.714. The fourth-order valence-electron chi connectivity index (χ4n) is 5.04. The van der Waals surface area contributed by atoms with Gasteiger partial charge in [-0.15, -0.1) is 0 Å². The van der Waals surface area contributed by atoms with Crippen molar-refractivity contribution in [3.05, 3.63) is 53.5 Å². The van der Waals surface area contributed by atoms with Crippen LogP contribution in [-0.4, -0.2) is 53.4 Å². The number of fused-ring (bicyclic) bond motifs is 1. The molecule has 0 radical (unpaired) electrons. The van der Waals surface area contributed by atoms with E-state index in [2.05, 4.69) is 6.07 Å². The minimum Gasteiger partial charge on any atom is -0.487 e. The second-order valence-electron chi connectivity index (χ2n) is 8.68. The summed E-state index contributed by atoms with van der Waals surface area (Å²) in [5, 5.41) is 0. The van der Waals surface area contributed by atoms with Gasteiger partial charge in [0.1, 0.15) is 17.1 Å². The number of ether oxygens (including phenoxy) is 1. The summed E-state index contributed by atoms with van der Waals surface area (Å²) in [4.78, 5) is 29.6. The molecule has 1 fully saturated rings. The average Bonchev–Trinajstić information content (AvgIpc) is 3.20. The topological polar surface area (TPSA) is 63.0 Å². The summed E-state index contributed by atoms with van der Waals surface area (Å²) in [7, 11) is 0. The lowest BCUT2D eigenvalue weighted by Gasteiger charge is -2.47. The third-order valence-electron chi connectivity index (χ3n) is 6.89. The molecule has 2 amide bonds. The summed E-state index contributed by atoms with van der Waals surface area (Å²) in [6, 6.07) is 9.84. The van der Waals surface area contributed by atoms with Gasteiger partial charge >= 0.3 is 0 Å². The zero-order valence-corrected chi connectivity index (χ0v) is 18.7. The molecule has 0 unspecified atom stereocenters. The van der Waals surface area contributed by atoms with Gasteiger partial charge in [-0.2, -0.15) is 0 Å². The lowest BCUT2D eigenvalue weighted by Crippen LogP contribution is -2.52. The van der Waals surface area contributed by atoms with Crippen molar-refractivity contribution in [2.75, 3.05) is 26.2 Å². The third kappa shape index (κ3) is 4.21. The van der Waals surface area contributed by atoms with Gasteiger partial charge in [-0.3, -0.25) is 9.59 Å². The van der Waals surface area contributed by atoms with Crippen LogP contribution >= 0.6 is 0 Å². The lowest BCUT2D eigenvalue weighted by molar-refractivity contribution is -0.131. The first-order valence-corrected chi connectivity index (χ1v) is 11.4. The van der Waals surface area contributed by atoms with E-state index in [0.717, 1.165) is 43.7 Å². The van der Waals surface area contributed by atoms with Crippen LogP contribution < -0.4 is 4.74 Å². The Morgan fingerprint density at radius 1 is 1.13 bits per heavy atom. The molecule has 1 atom stereocenters. The molecule has 2 aliphatic heterocycles. The first-order valence-electron chi connectivity index (χ1n) is 11.4. The zero-order chi connectivity index (χ0) is 22.0. The van der Waals surface area contributed by atoms with Crippen molar-refractivity contribution < 1.29 is 18.7 Å². The molecular formula is C25H32N2O4. The molecule has 1 saturated heterocycles. The summed E-state index contributed by atoms with van der Waals surface area (Å²) < 4.78 is 11.9. The highest BCUT2D eigenvalue weighted by molar-refractivity contribution is 5.95. The van der Waals surface area contributed by atoms with Crippen molar-refractivity contribution in [1.29, 1.82) is 0 Å². The number of amides is 2. The predicted molar refractivity (Wildman–Crippen MR) is 118 cm³/mol. The van der Waals surface area contributed by atoms with Crippen LogP contribution in [0.1, 0.15) is 67.1 Å². The number of carbonyl (C=O) groups excluding carboxylic acids is 2. The minimum absolute atomic E-state index is 0.0190. The largest absolute Gasteiger partial charge is 0.487 e. The molecule has 31 heavy (non-hydrogen) atoms. The summed E-state index contributed by atoms with van der Waals surface area (Å²) >= 11 is 0. The Kier molecular flexibility index (Phi) is 6.08. The van der Waals surface area contributed by atoms with Gasteiger partial charge in [-0.1, -0.05) is 18.2 Å². The molecule has 2 aliphatic rings. The number of piperidine rings is 1. The fourth-order valence-corrected chi connectivity index (χ4v) is 5.04. The summed E-state index contributed by atoms with van der Waals surface area (Å²) in [6.07, 6.45) is 4.40. The standard InChI is InChI=1S/C25H32N2O4/c1-4-26(5-2)23(28)16-19-17-25(31-22-9-7-6-8-21(19)22)11-13-27(14-12-25)24(29)20-10-15-30-18(20)3/h6-10,15,19H,4-5,11-14,16-17H2,1-3H3/t19-/m1/s1. The maximum absolute atomic E-state index is 12.9. The molecule has 6 heteroatoms. The Balaban J connectivity index is 1.50. The minimum atomic E-state index is -0.329. The normalized spacial score (nSPS) is 19.6. The number of rotatable bonds is 5. The summed E-state index contributed by atoms with van der Waals surface area (Å²) in [5.74, 6) is 1.89. The Morgan fingerprint density at radius 2 is 1.84 bits per heavy atom. The van der Waals surface area contributed by atoms with E-state index in [1.54, 1.807) is 12.3 Å². The first kappa shape index (κ1) is 21.5. The molecule has 166 valence electrons. The highest BCUT2D eigenvalue weighted by atomic mass is 16.5. The highest BCUT2D eigenvalue weighted by Gasteiger charge is 2.44. The molecule has 0 N–H and O–H groups in total. The van der Waals surface area contributed by atoms with Crippen molar-refractivity contribution in [2.24, 2.45) is 0 Å². The number of aryl methyl sites for hydroxylation is 1.